The highest BCUT2D eigenvalue weighted by atomic mass is 19.4. The van der Waals surface area contributed by atoms with Crippen LogP contribution in [0, 0.1) is 11.6 Å². The minimum absolute atomic E-state index is 0.00548. The van der Waals surface area contributed by atoms with Gasteiger partial charge in [0, 0.05) is 29.1 Å². The number of hydrogen-bond acceptors (Lipinski definition) is 6. The third kappa shape index (κ3) is 4.85. The lowest BCUT2D eigenvalue weighted by Gasteiger charge is -2.11. The van der Waals surface area contributed by atoms with Crippen molar-refractivity contribution in [2.75, 3.05) is 7.11 Å². The Morgan fingerprint density at radius 3 is 2.53 bits per heavy atom. The van der Waals surface area contributed by atoms with Gasteiger partial charge in [-0.15, -0.1) is 0 Å². The van der Waals surface area contributed by atoms with Gasteiger partial charge in [-0.2, -0.15) is 13.2 Å². The highest BCUT2D eigenvalue weighted by Crippen LogP contribution is 2.37. The van der Waals surface area contributed by atoms with E-state index in [-0.39, 0.29) is 51.7 Å². The Morgan fingerprint density at radius 1 is 1.14 bits per heavy atom. The molecule has 0 saturated carbocycles. The monoisotopic (exact) mass is 506 g/mol. The van der Waals surface area contributed by atoms with Crippen molar-refractivity contribution in [2.24, 2.45) is 5.73 Å². The highest BCUT2D eigenvalue weighted by molar-refractivity contribution is 5.98. The highest BCUT2D eigenvalue weighted by Gasteiger charge is 2.33. The van der Waals surface area contributed by atoms with Crippen LogP contribution in [0.25, 0.3) is 22.4 Å². The van der Waals surface area contributed by atoms with Crippen molar-refractivity contribution in [3.63, 3.8) is 0 Å². The number of alkyl halides is 3. The molecule has 3 N–H and O–H groups in total. The number of pyridine rings is 1. The molecular formula is C24H19F5N4O3. The van der Waals surface area contributed by atoms with Crippen LogP contribution in [0.4, 0.5) is 22.0 Å². The molecule has 0 radical (unpaired) electrons. The smallest absolute Gasteiger partial charge is 0.433 e. The number of methoxy groups -OCH3 is 1. The number of carbonyl (C=O) groups excluding carboxylic acids is 1. The van der Waals surface area contributed by atoms with Gasteiger partial charge < -0.3 is 20.2 Å². The summed E-state index contributed by atoms with van der Waals surface area (Å²) in [4.78, 5) is 20.8. The van der Waals surface area contributed by atoms with Crippen molar-refractivity contribution >= 4 is 16.8 Å². The largest absolute Gasteiger partial charge is 0.494 e. The Kier molecular flexibility index (Phi) is 6.63. The lowest BCUT2D eigenvalue weighted by atomic mass is 10.1. The summed E-state index contributed by atoms with van der Waals surface area (Å²) < 4.78 is 77.6. The van der Waals surface area contributed by atoms with Crippen molar-refractivity contribution in [2.45, 2.75) is 25.7 Å². The minimum Gasteiger partial charge on any atom is -0.494 e. The van der Waals surface area contributed by atoms with E-state index in [4.69, 9.17) is 14.9 Å². The van der Waals surface area contributed by atoms with E-state index in [0.717, 1.165) is 12.1 Å². The number of aromatic nitrogens is 2. The molecule has 4 rings (SSSR count). The second-order valence-electron chi connectivity index (χ2n) is 7.84. The van der Waals surface area contributed by atoms with E-state index in [2.05, 4.69) is 15.3 Å². The summed E-state index contributed by atoms with van der Waals surface area (Å²) >= 11 is 0. The maximum atomic E-state index is 13.9. The Hall–Kier alpha value is -4.06. The third-order valence-corrected chi connectivity index (χ3v) is 5.30. The van der Waals surface area contributed by atoms with Crippen LogP contribution >= 0.6 is 0 Å². The van der Waals surface area contributed by atoms with Gasteiger partial charge in [-0.1, -0.05) is 6.07 Å². The van der Waals surface area contributed by atoms with E-state index in [1.165, 1.54) is 31.4 Å². The molecule has 0 spiro atoms. The normalized spacial score (nSPS) is 12.6. The minimum atomic E-state index is -4.67. The number of hydrogen-bond donors (Lipinski definition) is 2. The lowest BCUT2D eigenvalue weighted by Crippen LogP contribution is -2.25. The summed E-state index contributed by atoms with van der Waals surface area (Å²) in [7, 11) is 1.29. The van der Waals surface area contributed by atoms with E-state index in [1.54, 1.807) is 6.92 Å². The number of oxazole rings is 1. The number of halogens is 5. The molecule has 0 fully saturated rings. The number of benzene rings is 2. The molecule has 1 amide bonds. The molecule has 0 bridgehead atoms. The number of ether oxygens (including phenoxy) is 1. The molecule has 1 atom stereocenters. The van der Waals surface area contributed by atoms with E-state index in [0.29, 0.717) is 6.07 Å². The van der Waals surface area contributed by atoms with Crippen LogP contribution in [0.3, 0.4) is 0 Å². The molecule has 36 heavy (non-hydrogen) atoms. The van der Waals surface area contributed by atoms with Gasteiger partial charge in [0.05, 0.1) is 13.2 Å². The summed E-state index contributed by atoms with van der Waals surface area (Å²) in [6, 6.07) is 7.07. The second-order valence-corrected chi connectivity index (χ2v) is 7.84. The summed E-state index contributed by atoms with van der Waals surface area (Å²) in [6.07, 6.45) is -4.67. The van der Waals surface area contributed by atoms with Crippen molar-refractivity contribution in [1.29, 1.82) is 0 Å². The maximum Gasteiger partial charge on any atom is 0.433 e. The molecule has 1 unspecified atom stereocenters. The van der Waals surface area contributed by atoms with Crippen LogP contribution in [-0.4, -0.2) is 23.0 Å². The molecule has 2 aromatic heterocycles. The topological polar surface area (TPSA) is 103 Å². The number of nitrogens with one attached hydrogen (secondary N) is 1. The number of amides is 1. The lowest BCUT2D eigenvalue weighted by molar-refractivity contribution is -0.140. The molecule has 0 aliphatic carbocycles. The van der Waals surface area contributed by atoms with Gasteiger partial charge in [0.2, 0.25) is 5.89 Å². The molecule has 0 saturated heterocycles. The Bertz CT molecular complexity index is 1450. The van der Waals surface area contributed by atoms with E-state index >= 15 is 0 Å². The number of rotatable bonds is 6. The predicted octanol–water partition coefficient (Wildman–Crippen LogP) is 5.15. The number of carbonyl (C=O) groups is 1. The molecular weight excluding hydrogens is 487 g/mol. The summed E-state index contributed by atoms with van der Waals surface area (Å²) in [5.41, 5.74) is 4.86. The zero-order valence-electron chi connectivity index (χ0n) is 18.9. The van der Waals surface area contributed by atoms with Crippen LogP contribution in [-0.2, 0) is 12.7 Å². The standard InChI is InChI=1S/C24H19F5N4O3/c1-11(30)21-20(22(34)31-10-12-3-4-13(25)9-16(12)26)33-23(36-21)15-5-7-17(35-2)19-14(15)6-8-18(32-19)24(27,28)29/h3-9,11H,10,30H2,1-2H3,(H,31,34). The third-order valence-electron chi connectivity index (χ3n) is 5.30. The second kappa shape index (κ2) is 9.53. The van der Waals surface area contributed by atoms with Gasteiger partial charge >= 0.3 is 6.18 Å². The summed E-state index contributed by atoms with van der Waals surface area (Å²) in [5, 5.41) is 2.71. The van der Waals surface area contributed by atoms with Crippen LogP contribution in [0.5, 0.6) is 5.75 Å². The van der Waals surface area contributed by atoms with Gasteiger partial charge in [0.25, 0.3) is 5.91 Å². The average molecular weight is 506 g/mol. The number of nitrogens with two attached hydrogens (primary N) is 1. The molecule has 4 aromatic rings. The van der Waals surface area contributed by atoms with Crippen LogP contribution < -0.4 is 15.8 Å². The zero-order chi connectivity index (χ0) is 26.2. The Balaban J connectivity index is 1.73. The Morgan fingerprint density at radius 2 is 1.89 bits per heavy atom. The van der Waals surface area contributed by atoms with Gasteiger partial charge in [0.1, 0.15) is 28.6 Å². The first-order chi connectivity index (χ1) is 17.0. The van der Waals surface area contributed by atoms with Gasteiger partial charge in [-0.25, -0.2) is 18.7 Å². The van der Waals surface area contributed by atoms with Crippen LogP contribution in [0.15, 0.2) is 46.9 Å². The average Bonchev–Trinajstić information content (AvgIpc) is 3.27. The molecule has 0 aliphatic heterocycles. The first-order valence-electron chi connectivity index (χ1n) is 10.5. The first-order valence-corrected chi connectivity index (χ1v) is 10.5. The number of fused-ring (bicyclic) bond motifs is 1. The SMILES string of the molecule is COc1ccc(-c2nc(C(=O)NCc3ccc(F)cc3F)c(C(C)N)o2)c2ccc(C(F)(F)F)nc12. The first kappa shape index (κ1) is 25.0. The van der Waals surface area contributed by atoms with Crippen molar-refractivity contribution < 1.29 is 35.9 Å². The van der Waals surface area contributed by atoms with Crippen molar-refractivity contribution in [3.05, 3.63) is 76.8 Å². The van der Waals surface area contributed by atoms with E-state index in [1.807, 2.05) is 0 Å². The molecule has 2 heterocycles. The summed E-state index contributed by atoms with van der Waals surface area (Å²) in [6.45, 7) is 1.28. The zero-order valence-corrected chi connectivity index (χ0v) is 18.9. The molecule has 0 aliphatic rings. The van der Waals surface area contributed by atoms with Gasteiger partial charge in [0.15, 0.2) is 11.5 Å². The maximum absolute atomic E-state index is 13.9. The fourth-order valence-corrected chi connectivity index (χ4v) is 3.54. The molecule has 2 aromatic carbocycles. The van der Waals surface area contributed by atoms with Gasteiger partial charge in [-0.05, 0) is 37.3 Å². The fourth-order valence-electron chi connectivity index (χ4n) is 3.54. The fraction of sp³-hybridized carbons (Fsp3) is 0.208. The molecule has 188 valence electrons. The van der Waals surface area contributed by atoms with Crippen LogP contribution in [0.2, 0.25) is 0 Å². The quantitative estimate of drug-likeness (QED) is 0.351. The summed E-state index contributed by atoms with van der Waals surface area (Å²) in [5.74, 6) is -2.32. The Labute approximate surface area is 201 Å². The van der Waals surface area contributed by atoms with Gasteiger partial charge in [-0.3, -0.25) is 4.79 Å². The van der Waals surface area contributed by atoms with E-state index in [9.17, 15) is 26.7 Å². The van der Waals surface area contributed by atoms with Crippen LogP contribution in [0.1, 0.15) is 40.5 Å². The number of nitrogens with zero attached hydrogens (tertiary/aromatic N) is 2. The van der Waals surface area contributed by atoms with Crippen molar-refractivity contribution in [1.82, 2.24) is 15.3 Å². The van der Waals surface area contributed by atoms with E-state index < -0.39 is 35.5 Å². The molecule has 12 heteroatoms. The van der Waals surface area contributed by atoms with Crippen molar-refractivity contribution in [3.8, 4) is 17.2 Å². The predicted molar refractivity (Wildman–Crippen MR) is 119 cm³/mol. The molecule has 7 nitrogen and oxygen atoms in total.